The van der Waals surface area contributed by atoms with Gasteiger partial charge in [-0.2, -0.15) is 0 Å². The number of rotatable bonds is 3. The molecule has 0 radical (unpaired) electrons. The molecule has 2 aliphatic rings. The van der Waals surface area contributed by atoms with Gasteiger partial charge in [0.1, 0.15) is 0 Å². The van der Waals surface area contributed by atoms with Crippen molar-refractivity contribution in [2.24, 2.45) is 5.92 Å². The Bertz CT molecular complexity index is 883. The number of hydrogen-bond acceptors (Lipinski definition) is 1. The standard InChI is InChI=1S/C24H25N/c1-4-24(2,3)20-13-14-25-23(16-20)19-12-11-18-10-9-17-7-5-6-8-21(17)22(18)15-19/h5-17,21H,4H2,1-3H3. The van der Waals surface area contributed by atoms with Crippen molar-refractivity contribution in [2.45, 2.75) is 38.5 Å². The van der Waals surface area contributed by atoms with Crippen molar-refractivity contribution in [3.63, 3.8) is 0 Å². The Labute approximate surface area is 150 Å². The fraction of sp³-hybridized carbons (Fsp3) is 0.292. The van der Waals surface area contributed by atoms with Crippen LogP contribution in [0.4, 0.5) is 0 Å². The zero-order valence-corrected chi connectivity index (χ0v) is 15.2. The molecule has 126 valence electrons. The molecule has 0 spiro atoms. The summed E-state index contributed by atoms with van der Waals surface area (Å²) in [6.07, 6.45) is 16.6. The van der Waals surface area contributed by atoms with E-state index in [1.54, 1.807) is 0 Å². The highest BCUT2D eigenvalue weighted by atomic mass is 14.7. The van der Waals surface area contributed by atoms with Gasteiger partial charge < -0.3 is 0 Å². The van der Waals surface area contributed by atoms with Crippen molar-refractivity contribution in [2.75, 3.05) is 0 Å². The van der Waals surface area contributed by atoms with Crippen LogP contribution >= 0.6 is 0 Å². The SMILES string of the molecule is CCC(C)(C)c1ccnc(-c2ccc3c(c2)C2C=CC=CC2C=C3)c1. The first-order valence-corrected chi connectivity index (χ1v) is 9.22. The molecule has 1 heterocycles. The molecule has 25 heavy (non-hydrogen) atoms. The second-order valence-electron chi connectivity index (χ2n) is 7.74. The first-order chi connectivity index (χ1) is 12.1. The van der Waals surface area contributed by atoms with Gasteiger partial charge >= 0.3 is 0 Å². The maximum atomic E-state index is 4.66. The molecule has 0 saturated heterocycles. The Balaban J connectivity index is 1.76. The van der Waals surface area contributed by atoms with E-state index in [2.05, 4.69) is 92.5 Å². The minimum absolute atomic E-state index is 0.177. The Morgan fingerprint density at radius 3 is 2.68 bits per heavy atom. The Kier molecular flexibility index (Phi) is 3.95. The van der Waals surface area contributed by atoms with Gasteiger partial charge in [-0.25, -0.2) is 0 Å². The molecule has 2 atom stereocenters. The summed E-state index contributed by atoms with van der Waals surface area (Å²) < 4.78 is 0. The van der Waals surface area contributed by atoms with Crippen LogP contribution in [0.5, 0.6) is 0 Å². The van der Waals surface area contributed by atoms with E-state index >= 15 is 0 Å². The van der Waals surface area contributed by atoms with Crippen LogP contribution in [-0.4, -0.2) is 4.98 Å². The Hall–Kier alpha value is -2.41. The van der Waals surface area contributed by atoms with Gasteiger partial charge in [0, 0.05) is 23.6 Å². The molecule has 1 heteroatoms. The third-order valence-corrected chi connectivity index (χ3v) is 5.84. The molecule has 0 aliphatic heterocycles. The van der Waals surface area contributed by atoms with Crippen LogP contribution in [0.2, 0.25) is 0 Å². The third kappa shape index (κ3) is 2.89. The smallest absolute Gasteiger partial charge is 0.0705 e. The van der Waals surface area contributed by atoms with Crippen LogP contribution < -0.4 is 0 Å². The van der Waals surface area contributed by atoms with E-state index in [0.717, 1.165) is 12.1 Å². The largest absolute Gasteiger partial charge is 0.256 e. The molecular weight excluding hydrogens is 302 g/mol. The number of nitrogens with zero attached hydrogens (tertiary/aromatic N) is 1. The molecular formula is C24H25N. The van der Waals surface area contributed by atoms with Crippen molar-refractivity contribution in [1.29, 1.82) is 0 Å². The zero-order valence-electron chi connectivity index (χ0n) is 15.2. The predicted octanol–water partition coefficient (Wildman–Crippen LogP) is 6.29. The lowest BCUT2D eigenvalue weighted by Crippen LogP contribution is -2.15. The maximum Gasteiger partial charge on any atom is 0.0705 e. The van der Waals surface area contributed by atoms with Crippen molar-refractivity contribution < 1.29 is 0 Å². The highest BCUT2D eigenvalue weighted by Gasteiger charge is 2.24. The van der Waals surface area contributed by atoms with Crippen LogP contribution in [0.15, 0.2) is 66.9 Å². The molecule has 2 aliphatic carbocycles. The summed E-state index contributed by atoms with van der Waals surface area (Å²) in [7, 11) is 0. The van der Waals surface area contributed by atoms with Crippen LogP contribution in [0.25, 0.3) is 17.3 Å². The van der Waals surface area contributed by atoms with Crippen LogP contribution in [0.1, 0.15) is 49.8 Å². The second kappa shape index (κ2) is 6.15. The average molecular weight is 327 g/mol. The van der Waals surface area contributed by atoms with E-state index < -0.39 is 0 Å². The second-order valence-corrected chi connectivity index (χ2v) is 7.74. The molecule has 4 rings (SSSR count). The number of pyridine rings is 1. The molecule has 0 amide bonds. The van der Waals surface area contributed by atoms with Gasteiger partial charge in [0.25, 0.3) is 0 Å². The molecule has 1 nitrogen and oxygen atoms in total. The van der Waals surface area contributed by atoms with Crippen molar-refractivity contribution in [3.8, 4) is 11.3 Å². The topological polar surface area (TPSA) is 12.9 Å². The number of hydrogen-bond donors (Lipinski definition) is 0. The monoisotopic (exact) mass is 327 g/mol. The van der Waals surface area contributed by atoms with Gasteiger partial charge in [-0.1, -0.05) is 69.4 Å². The molecule has 0 fully saturated rings. The summed E-state index contributed by atoms with van der Waals surface area (Å²) in [5.74, 6) is 0.922. The fourth-order valence-electron chi connectivity index (χ4n) is 3.72. The highest BCUT2D eigenvalue weighted by molar-refractivity contribution is 5.69. The van der Waals surface area contributed by atoms with Gasteiger partial charge in [0.2, 0.25) is 0 Å². The average Bonchev–Trinajstić information content (AvgIpc) is 2.67. The number of fused-ring (bicyclic) bond motifs is 3. The van der Waals surface area contributed by atoms with Crippen molar-refractivity contribution in [1.82, 2.24) is 4.98 Å². The molecule has 2 aromatic rings. The van der Waals surface area contributed by atoms with Crippen LogP contribution in [0.3, 0.4) is 0 Å². The summed E-state index contributed by atoms with van der Waals surface area (Å²) in [5, 5.41) is 0. The normalized spacial score (nSPS) is 21.1. The van der Waals surface area contributed by atoms with Gasteiger partial charge in [-0.05, 0) is 46.7 Å². The van der Waals surface area contributed by atoms with Crippen LogP contribution in [-0.2, 0) is 5.41 Å². The molecule has 2 unspecified atom stereocenters. The number of benzene rings is 1. The lowest BCUT2D eigenvalue weighted by atomic mass is 9.76. The van der Waals surface area contributed by atoms with Gasteiger partial charge in [0.05, 0.1) is 5.69 Å². The van der Waals surface area contributed by atoms with Gasteiger partial charge in [-0.15, -0.1) is 0 Å². The number of aromatic nitrogens is 1. The van der Waals surface area contributed by atoms with E-state index in [9.17, 15) is 0 Å². The third-order valence-electron chi connectivity index (χ3n) is 5.84. The molecule has 0 N–H and O–H groups in total. The van der Waals surface area contributed by atoms with E-state index in [1.807, 2.05) is 6.20 Å². The summed E-state index contributed by atoms with van der Waals surface area (Å²) >= 11 is 0. The lowest BCUT2D eigenvalue weighted by Gasteiger charge is -2.28. The fourth-order valence-corrected chi connectivity index (χ4v) is 3.72. The zero-order chi connectivity index (χ0) is 17.4. The minimum Gasteiger partial charge on any atom is -0.256 e. The van der Waals surface area contributed by atoms with Gasteiger partial charge in [0.15, 0.2) is 0 Å². The summed E-state index contributed by atoms with van der Waals surface area (Å²) in [6.45, 7) is 6.84. The molecule has 1 aromatic heterocycles. The van der Waals surface area contributed by atoms with Crippen molar-refractivity contribution >= 4 is 6.08 Å². The summed E-state index contributed by atoms with van der Waals surface area (Å²) in [4.78, 5) is 4.66. The molecule has 1 aromatic carbocycles. The van der Waals surface area contributed by atoms with E-state index in [1.165, 1.54) is 22.3 Å². The van der Waals surface area contributed by atoms with E-state index in [-0.39, 0.29) is 5.41 Å². The van der Waals surface area contributed by atoms with E-state index in [4.69, 9.17) is 0 Å². The number of allylic oxidation sites excluding steroid dienone is 5. The first-order valence-electron chi connectivity index (χ1n) is 9.22. The maximum absolute atomic E-state index is 4.66. The predicted molar refractivity (Wildman–Crippen MR) is 107 cm³/mol. The van der Waals surface area contributed by atoms with Crippen LogP contribution in [0, 0.1) is 5.92 Å². The lowest BCUT2D eigenvalue weighted by molar-refractivity contribution is 0.506. The Morgan fingerprint density at radius 2 is 1.84 bits per heavy atom. The molecule has 0 bridgehead atoms. The summed E-state index contributed by atoms with van der Waals surface area (Å²) in [6, 6.07) is 11.2. The van der Waals surface area contributed by atoms with Gasteiger partial charge in [-0.3, -0.25) is 4.98 Å². The highest BCUT2D eigenvalue weighted by Crippen LogP contribution is 2.39. The van der Waals surface area contributed by atoms with E-state index in [0.29, 0.717) is 11.8 Å². The minimum atomic E-state index is 0.177. The first kappa shape index (κ1) is 16.1. The molecule has 0 saturated carbocycles. The van der Waals surface area contributed by atoms with Crippen molar-refractivity contribution in [3.05, 3.63) is 83.6 Å². The summed E-state index contributed by atoms with van der Waals surface area (Å²) in [5.41, 5.74) is 6.56. The quantitative estimate of drug-likeness (QED) is 0.645. The Morgan fingerprint density at radius 1 is 1.00 bits per heavy atom.